The molecule has 0 aliphatic carbocycles. The largest absolute Gasteiger partial charge is 0.482 e. The molecule has 0 bridgehead atoms. The predicted molar refractivity (Wildman–Crippen MR) is 84.1 cm³/mol. The summed E-state index contributed by atoms with van der Waals surface area (Å²) in [5, 5.41) is 4.49. The van der Waals surface area contributed by atoms with E-state index >= 15 is 0 Å². The maximum absolute atomic E-state index is 12.9. The van der Waals surface area contributed by atoms with Gasteiger partial charge in [-0.15, -0.1) is 0 Å². The Hall–Kier alpha value is -2.11. The number of nitrogens with zero attached hydrogens (tertiary/aromatic N) is 1. The fourth-order valence-corrected chi connectivity index (χ4v) is 2.00. The highest BCUT2D eigenvalue weighted by Gasteiger charge is 2.05. The highest BCUT2D eigenvalue weighted by Crippen LogP contribution is 2.27. The van der Waals surface area contributed by atoms with E-state index in [1.807, 2.05) is 0 Å². The van der Waals surface area contributed by atoms with E-state index in [9.17, 15) is 9.18 Å². The lowest BCUT2D eigenvalue weighted by Gasteiger charge is -2.06. The van der Waals surface area contributed by atoms with Gasteiger partial charge in [0.15, 0.2) is 6.61 Å². The van der Waals surface area contributed by atoms with Crippen molar-refractivity contribution in [2.75, 3.05) is 6.61 Å². The van der Waals surface area contributed by atoms with Crippen LogP contribution in [0.25, 0.3) is 0 Å². The molecule has 0 fully saturated rings. The van der Waals surface area contributed by atoms with Crippen LogP contribution >= 0.6 is 23.2 Å². The van der Waals surface area contributed by atoms with E-state index in [4.69, 9.17) is 27.9 Å². The van der Waals surface area contributed by atoms with Crippen LogP contribution in [0.2, 0.25) is 10.0 Å². The third kappa shape index (κ3) is 5.02. The van der Waals surface area contributed by atoms with E-state index in [2.05, 4.69) is 10.5 Å². The maximum Gasteiger partial charge on any atom is 0.277 e. The molecule has 0 atom stereocenters. The first-order valence-corrected chi connectivity index (χ1v) is 6.95. The zero-order chi connectivity index (χ0) is 15.9. The summed E-state index contributed by atoms with van der Waals surface area (Å²) in [7, 11) is 0. The average Bonchev–Trinajstić information content (AvgIpc) is 2.46. The van der Waals surface area contributed by atoms with Gasteiger partial charge in [-0.25, -0.2) is 9.82 Å². The summed E-state index contributed by atoms with van der Waals surface area (Å²) in [5.74, 6) is -0.509. The molecular weight excluding hydrogens is 330 g/mol. The molecule has 4 nitrogen and oxygen atoms in total. The Kier molecular flexibility index (Phi) is 5.75. The number of carbonyl (C=O) groups is 1. The summed E-state index contributed by atoms with van der Waals surface area (Å²) in [4.78, 5) is 11.6. The van der Waals surface area contributed by atoms with Gasteiger partial charge in [0.25, 0.3) is 5.91 Å². The lowest BCUT2D eigenvalue weighted by atomic mass is 10.2. The SMILES string of the molecule is O=C(COc1ccc(Cl)cc1Cl)N/N=C/c1cccc(F)c1. The maximum atomic E-state index is 12.9. The van der Waals surface area contributed by atoms with Crippen LogP contribution in [0.3, 0.4) is 0 Å². The molecule has 0 aliphatic heterocycles. The van der Waals surface area contributed by atoms with E-state index in [-0.39, 0.29) is 12.4 Å². The topological polar surface area (TPSA) is 50.7 Å². The Balaban J connectivity index is 1.83. The normalized spacial score (nSPS) is 10.7. The third-order valence-corrected chi connectivity index (χ3v) is 3.03. The molecule has 1 N–H and O–H groups in total. The van der Waals surface area contributed by atoms with Crippen LogP contribution in [0.15, 0.2) is 47.6 Å². The van der Waals surface area contributed by atoms with Gasteiger partial charge in [-0.05, 0) is 35.9 Å². The first kappa shape index (κ1) is 16.3. The second-order valence-corrected chi connectivity index (χ2v) is 5.06. The fraction of sp³-hybridized carbons (Fsp3) is 0.0667. The second-order valence-electron chi connectivity index (χ2n) is 4.21. The molecule has 2 rings (SSSR count). The molecule has 2 aromatic rings. The molecule has 0 saturated heterocycles. The van der Waals surface area contributed by atoms with Crippen LogP contribution in [0.1, 0.15) is 5.56 Å². The van der Waals surface area contributed by atoms with E-state index in [0.29, 0.717) is 21.4 Å². The van der Waals surface area contributed by atoms with Crippen molar-refractivity contribution in [3.63, 3.8) is 0 Å². The summed E-state index contributed by atoms with van der Waals surface area (Å²) in [5.41, 5.74) is 2.80. The lowest BCUT2D eigenvalue weighted by molar-refractivity contribution is -0.123. The standard InChI is InChI=1S/C15H11Cl2FN2O2/c16-11-4-5-14(13(17)7-11)22-9-15(21)20-19-8-10-2-1-3-12(18)6-10/h1-8H,9H2,(H,20,21)/b19-8+. The van der Waals surface area contributed by atoms with Crippen molar-refractivity contribution >= 4 is 35.3 Å². The van der Waals surface area contributed by atoms with Crippen molar-refractivity contribution in [1.82, 2.24) is 5.43 Å². The number of ether oxygens (including phenoxy) is 1. The van der Waals surface area contributed by atoms with E-state index in [1.165, 1.54) is 24.4 Å². The minimum atomic E-state index is -0.473. The zero-order valence-corrected chi connectivity index (χ0v) is 12.7. The van der Waals surface area contributed by atoms with Gasteiger partial charge in [0, 0.05) is 5.02 Å². The van der Waals surface area contributed by atoms with Gasteiger partial charge in [-0.3, -0.25) is 4.79 Å². The number of benzene rings is 2. The zero-order valence-electron chi connectivity index (χ0n) is 11.2. The fourth-order valence-electron chi connectivity index (χ4n) is 1.53. The third-order valence-electron chi connectivity index (χ3n) is 2.50. The molecule has 0 aliphatic rings. The van der Waals surface area contributed by atoms with Crippen molar-refractivity contribution in [2.24, 2.45) is 5.10 Å². The number of hydrogen-bond donors (Lipinski definition) is 1. The molecule has 2 aromatic carbocycles. The predicted octanol–water partition coefficient (Wildman–Crippen LogP) is 3.66. The van der Waals surface area contributed by atoms with Gasteiger partial charge in [-0.2, -0.15) is 5.10 Å². The van der Waals surface area contributed by atoms with Crippen molar-refractivity contribution in [3.05, 3.63) is 63.9 Å². The summed E-state index contributed by atoms with van der Waals surface area (Å²) in [6.07, 6.45) is 1.33. The highest BCUT2D eigenvalue weighted by atomic mass is 35.5. The monoisotopic (exact) mass is 340 g/mol. The van der Waals surface area contributed by atoms with Gasteiger partial charge in [0.1, 0.15) is 11.6 Å². The van der Waals surface area contributed by atoms with Gasteiger partial charge >= 0.3 is 0 Å². The molecule has 0 heterocycles. The summed E-state index contributed by atoms with van der Waals surface area (Å²) >= 11 is 11.7. The summed E-state index contributed by atoms with van der Waals surface area (Å²) in [6, 6.07) is 10.5. The van der Waals surface area contributed by atoms with E-state index < -0.39 is 5.91 Å². The molecule has 0 aromatic heterocycles. The van der Waals surface area contributed by atoms with Crippen molar-refractivity contribution in [2.45, 2.75) is 0 Å². The Morgan fingerprint density at radius 1 is 1.27 bits per heavy atom. The van der Waals surface area contributed by atoms with Crippen molar-refractivity contribution in [1.29, 1.82) is 0 Å². The van der Waals surface area contributed by atoms with Crippen LogP contribution in [0.4, 0.5) is 4.39 Å². The second kappa shape index (κ2) is 7.77. The Labute approximate surface area is 136 Å². The summed E-state index contributed by atoms with van der Waals surface area (Å²) in [6.45, 7) is -0.262. The van der Waals surface area contributed by atoms with Gasteiger partial charge in [0.2, 0.25) is 0 Å². The molecule has 22 heavy (non-hydrogen) atoms. The van der Waals surface area contributed by atoms with Crippen LogP contribution < -0.4 is 10.2 Å². The minimum absolute atomic E-state index is 0.262. The molecule has 7 heteroatoms. The van der Waals surface area contributed by atoms with Crippen LogP contribution in [-0.2, 0) is 4.79 Å². The Bertz CT molecular complexity index is 708. The van der Waals surface area contributed by atoms with Crippen LogP contribution in [-0.4, -0.2) is 18.7 Å². The number of rotatable bonds is 5. The first-order chi connectivity index (χ1) is 10.5. The van der Waals surface area contributed by atoms with Crippen molar-refractivity contribution < 1.29 is 13.9 Å². The number of carbonyl (C=O) groups excluding carboxylic acids is 1. The average molecular weight is 341 g/mol. The minimum Gasteiger partial charge on any atom is -0.482 e. The lowest BCUT2D eigenvalue weighted by Crippen LogP contribution is -2.24. The number of nitrogens with one attached hydrogen (secondary N) is 1. The molecule has 0 unspecified atom stereocenters. The summed E-state index contributed by atoms with van der Waals surface area (Å²) < 4.78 is 18.2. The molecule has 114 valence electrons. The smallest absolute Gasteiger partial charge is 0.277 e. The Morgan fingerprint density at radius 3 is 2.82 bits per heavy atom. The number of hydrazone groups is 1. The highest BCUT2D eigenvalue weighted by molar-refractivity contribution is 6.35. The van der Waals surface area contributed by atoms with Crippen molar-refractivity contribution in [3.8, 4) is 5.75 Å². The molecule has 0 spiro atoms. The first-order valence-electron chi connectivity index (χ1n) is 6.20. The number of halogens is 3. The number of hydrogen-bond acceptors (Lipinski definition) is 3. The number of amides is 1. The van der Waals surface area contributed by atoms with Gasteiger partial charge in [-0.1, -0.05) is 35.3 Å². The van der Waals surface area contributed by atoms with E-state index in [1.54, 1.807) is 24.3 Å². The molecule has 0 saturated carbocycles. The Morgan fingerprint density at radius 2 is 2.09 bits per heavy atom. The molecule has 0 radical (unpaired) electrons. The van der Waals surface area contributed by atoms with E-state index in [0.717, 1.165) is 0 Å². The quantitative estimate of drug-likeness (QED) is 0.667. The van der Waals surface area contributed by atoms with Crippen LogP contribution in [0, 0.1) is 5.82 Å². The van der Waals surface area contributed by atoms with Crippen LogP contribution in [0.5, 0.6) is 5.75 Å². The molecular formula is C15H11Cl2FN2O2. The van der Waals surface area contributed by atoms with Gasteiger partial charge < -0.3 is 4.74 Å². The van der Waals surface area contributed by atoms with Gasteiger partial charge in [0.05, 0.1) is 11.2 Å². The molecule has 1 amide bonds.